The van der Waals surface area contributed by atoms with Gasteiger partial charge in [0, 0.05) is 13.0 Å². The molecule has 0 aliphatic heterocycles. The van der Waals surface area contributed by atoms with Gasteiger partial charge in [-0.3, -0.25) is 4.79 Å². The van der Waals surface area contributed by atoms with Crippen molar-refractivity contribution in [3.05, 3.63) is 12.7 Å². The molecule has 14 heavy (non-hydrogen) atoms. The Labute approximate surface area is 104 Å². The molecule has 0 fully saturated rings. The Balaban J connectivity index is 0. The lowest BCUT2D eigenvalue weighted by Gasteiger charge is -2.28. The molecule has 3 nitrogen and oxygen atoms in total. The molecule has 0 saturated carbocycles. The molecule has 0 heterocycles. The summed E-state index contributed by atoms with van der Waals surface area (Å²) in [5, 5.41) is 2.76. The largest absolute Gasteiger partial charge is 1.00 e. The quantitative estimate of drug-likeness (QED) is 0.256. The van der Waals surface area contributed by atoms with E-state index in [0.717, 1.165) is 30.5 Å². The lowest BCUT2D eigenvalue weighted by atomic mass is 10.3. The maximum atomic E-state index is 10.8. The molecule has 0 rings (SSSR count). The number of hydrogen-bond donors (Lipinski definition) is 1. The van der Waals surface area contributed by atoms with E-state index in [-0.39, 0.29) is 29.9 Å². The van der Waals surface area contributed by atoms with E-state index in [0.29, 0.717) is 0 Å². The lowest BCUT2D eigenvalue weighted by Crippen LogP contribution is -3.00. The summed E-state index contributed by atoms with van der Waals surface area (Å²) in [4.78, 5) is 10.8. The van der Waals surface area contributed by atoms with Crippen molar-refractivity contribution in [3.63, 3.8) is 0 Å². The predicted molar refractivity (Wildman–Crippen MR) is 55.3 cm³/mol. The molecule has 1 N–H and O–H groups in total. The van der Waals surface area contributed by atoms with Crippen LogP contribution in [0.2, 0.25) is 0 Å². The van der Waals surface area contributed by atoms with Gasteiger partial charge in [-0.1, -0.05) is 6.58 Å². The van der Waals surface area contributed by atoms with Crippen LogP contribution in [0.25, 0.3) is 0 Å². The molecule has 84 valence electrons. The zero-order valence-electron chi connectivity index (χ0n) is 9.35. The van der Waals surface area contributed by atoms with Gasteiger partial charge in [-0.2, -0.15) is 0 Å². The zero-order valence-corrected chi connectivity index (χ0v) is 11.5. The molecule has 0 radical (unpaired) electrons. The second-order valence-corrected chi connectivity index (χ2v) is 3.82. The number of carbonyl (C=O) groups excluding carboxylic acids is 1. The van der Waals surface area contributed by atoms with Crippen molar-refractivity contribution in [2.24, 2.45) is 0 Å². The van der Waals surface area contributed by atoms with E-state index in [1.165, 1.54) is 6.08 Å². The molecule has 0 aliphatic carbocycles. The second-order valence-electron chi connectivity index (χ2n) is 3.82. The van der Waals surface area contributed by atoms with Gasteiger partial charge in [-0.15, -0.1) is 0 Å². The number of nitrogens with zero attached hydrogens (tertiary/aromatic N) is 1. The van der Waals surface area contributed by atoms with Crippen LogP contribution >= 0.6 is 0 Å². The summed E-state index contributed by atoms with van der Waals surface area (Å²) in [6.07, 6.45) is 2.32. The van der Waals surface area contributed by atoms with E-state index in [2.05, 4.69) is 32.9 Å². The van der Waals surface area contributed by atoms with Gasteiger partial charge in [0.15, 0.2) is 0 Å². The van der Waals surface area contributed by atoms with Crippen LogP contribution in [0.5, 0.6) is 0 Å². The number of nitrogens with one attached hydrogen (secondary N) is 1. The number of amides is 1. The van der Waals surface area contributed by atoms with Gasteiger partial charge in [0.25, 0.3) is 0 Å². The number of quaternary nitrogens is 1. The summed E-state index contributed by atoms with van der Waals surface area (Å²) in [5.41, 5.74) is 0. The summed E-state index contributed by atoms with van der Waals surface area (Å²) < 4.78 is 1.00. The monoisotopic (exact) mass is 312 g/mol. The van der Waals surface area contributed by atoms with Gasteiger partial charge in [0.1, 0.15) is 0 Å². The Kier molecular flexibility index (Phi) is 9.60. The molecule has 0 aromatic rings. The van der Waals surface area contributed by atoms with Crippen molar-refractivity contribution >= 4 is 5.91 Å². The number of hydrogen-bond acceptors (Lipinski definition) is 1. The van der Waals surface area contributed by atoms with E-state index >= 15 is 0 Å². The Morgan fingerprint density at radius 1 is 1.50 bits per heavy atom. The fraction of sp³-hybridized carbons (Fsp3) is 0.700. The van der Waals surface area contributed by atoms with Crippen LogP contribution in [-0.2, 0) is 4.79 Å². The van der Waals surface area contributed by atoms with Crippen molar-refractivity contribution in [2.75, 3.05) is 33.7 Å². The fourth-order valence-corrected chi connectivity index (χ4v) is 0.949. The smallest absolute Gasteiger partial charge is 0.243 e. The lowest BCUT2D eigenvalue weighted by molar-refractivity contribution is -0.888. The third-order valence-corrected chi connectivity index (χ3v) is 2.28. The highest BCUT2D eigenvalue weighted by molar-refractivity contribution is 5.86. The molecule has 0 aliphatic rings. The number of rotatable bonds is 6. The van der Waals surface area contributed by atoms with Gasteiger partial charge in [0.05, 0.1) is 27.2 Å². The molecular formula is C10H21IN2O. The molecule has 0 aromatic carbocycles. The van der Waals surface area contributed by atoms with Crippen LogP contribution in [0, 0.1) is 0 Å². The van der Waals surface area contributed by atoms with Crippen LogP contribution in [0.15, 0.2) is 12.7 Å². The standard InChI is InChI=1S/C10H20N2O.HI/c1-5-10(13)11-8-7-9-12(3,4)6-2;/h5H,1,6-9H2,2-4H3;1H. The Hall–Kier alpha value is -0.100. The Bertz CT molecular complexity index is 181. The van der Waals surface area contributed by atoms with Crippen molar-refractivity contribution in [1.29, 1.82) is 0 Å². The second kappa shape index (κ2) is 8.23. The highest BCUT2D eigenvalue weighted by Gasteiger charge is 2.10. The van der Waals surface area contributed by atoms with E-state index in [1.54, 1.807) is 0 Å². The highest BCUT2D eigenvalue weighted by atomic mass is 127. The minimum absolute atomic E-state index is 0. The van der Waals surface area contributed by atoms with Crippen molar-refractivity contribution in [1.82, 2.24) is 5.32 Å². The average molecular weight is 312 g/mol. The van der Waals surface area contributed by atoms with Crippen molar-refractivity contribution in [2.45, 2.75) is 13.3 Å². The van der Waals surface area contributed by atoms with Crippen LogP contribution in [-0.4, -0.2) is 44.1 Å². The predicted octanol–water partition coefficient (Wildman–Crippen LogP) is -2.22. The third-order valence-electron chi connectivity index (χ3n) is 2.28. The SMILES string of the molecule is C=CC(=O)NCCC[N+](C)(C)CC.[I-]. The maximum Gasteiger partial charge on any atom is 0.243 e. The highest BCUT2D eigenvalue weighted by Crippen LogP contribution is 1.96. The van der Waals surface area contributed by atoms with Crippen LogP contribution in [0.3, 0.4) is 0 Å². The van der Waals surface area contributed by atoms with Crippen molar-refractivity contribution in [3.8, 4) is 0 Å². The first-order chi connectivity index (χ1) is 6.02. The summed E-state index contributed by atoms with van der Waals surface area (Å²) in [6, 6.07) is 0. The van der Waals surface area contributed by atoms with Crippen LogP contribution in [0.4, 0.5) is 0 Å². The maximum absolute atomic E-state index is 10.8. The van der Waals surface area contributed by atoms with Gasteiger partial charge in [-0.25, -0.2) is 0 Å². The molecular weight excluding hydrogens is 291 g/mol. The fourth-order valence-electron chi connectivity index (χ4n) is 0.949. The molecule has 0 atom stereocenters. The van der Waals surface area contributed by atoms with Crippen molar-refractivity contribution < 1.29 is 33.3 Å². The first-order valence-corrected chi connectivity index (χ1v) is 4.74. The van der Waals surface area contributed by atoms with E-state index in [9.17, 15) is 4.79 Å². The van der Waals surface area contributed by atoms with Gasteiger partial charge in [0.2, 0.25) is 5.91 Å². The van der Waals surface area contributed by atoms with E-state index < -0.39 is 0 Å². The molecule has 4 heteroatoms. The number of carbonyl (C=O) groups is 1. The number of halogens is 1. The summed E-state index contributed by atoms with van der Waals surface area (Å²) >= 11 is 0. The van der Waals surface area contributed by atoms with Gasteiger partial charge < -0.3 is 33.8 Å². The molecule has 0 unspecified atom stereocenters. The average Bonchev–Trinajstić information content (AvgIpc) is 2.12. The minimum atomic E-state index is -0.0817. The van der Waals surface area contributed by atoms with Gasteiger partial charge in [-0.05, 0) is 13.0 Å². The molecule has 0 aromatic heterocycles. The third kappa shape index (κ3) is 8.50. The summed E-state index contributed by atoms with van der Waals surface area (Å²) in [7, 11) is 4.38. The topological polar surface area (TPSA) is 29.1 Å². The first-order valence-electron chi connectivity index (χ1n) is 4.74. The first kappa shape index (κ1) is 16.3. The van der Waals surface area contributed by atoms with E-state index in [4.69, 9.17) is 0 Å². The molecule has 0 spiro atoms. The summed E-state index contributed by atoms with van der Waals surface area (Å²) in [5.74, 6) is -0.0817. The molecule has 1 amide bonds. The Morgan fingerprint density at radius 3 is 2.50 bits per heavy atom. The molecule has 0 bridgehead atoms. The summed E-state index contributed by atoms with van der Waals surface area (Å²) in [6.45, 7) is 8.51. The Morgan fingerprint density at radius 2 is 2.07 bits per heavy atom. The zero-order chi connectivity index (χ0) is 10.3. The van der Waals surface area contributed by atoms with Crippen LogP contribution in [0.1, 0.15) is 13.3 Å². The van der Waals surface area contributed by atoms with Crippen LogP contribution < -0.4 is 29.3 Å². The normalized spacial score (nSPS) is 10.2. The molecule has 0 saturated heterocycles. The van der Waals surface area contributed by atoms with Gasteiger partial charge >= 0.3 is 0 Å². The van der Waals surface area contributed by atoms with E-state index in [1.807, 2.05) is 0 Å². The minimum Gasteiger partial charge on any atom is -1.00 e.